The van der Waals surface area contributed by atoms with E-state index in [1.807, 2.05) is 12.3 Å². The highest BCUT2D eigenvalue weighted by molar-refractivity contribution is 5.05. The van der Waals surface area contributed by atoms with E-state index in [2.05, 4.69) is 43.2 Å². The summed E-state index contributed by atoms with van der Waals surface area (Å²) in [5.74, 6) is 1.59. The lowest BCUT2D eigenvalue weighted by Gasteiger charge is -2.41. The van der Waals surface area contributed by atoms with E-state index in [4.69, 9.17) is 0 Å². The Morgan fingerprint density at radius 3 is 2.84 bits per heavy atom. The Morgan fingerprint density at radius 1 is 1.32 bits per heavy atom. The zero-order valence-corrected chi connectivity index (χ0v) is 12.7. The van der Waals surface area contributed by atoms with Crippen LogP contribution in [-0.2, 0) is 6.42 Å². The molecule has 106 valence electrons. The molecule has 1 fully saturated rings. The van der Waals surface area contributed by atoms with Crippen LogP contribution in [0.2, 0.25) is 0 Å². The fraction of sp³-hybridized carbons (Fsp3) is 0.706. The summed E-state index contributed by atoms with van der Waals surface area (Å²) in [6.45, 7) is 9.28. The van der Waals surface area contributed by atoms with Crippen molar-refractivity contribution in [2.45, 2.75) is 46.5 Å². The highest BCUT2D eigenvalue weighted by atomic mass is 14.8. The first-order valence-electron chi connectivity index (χ1n) is 7.71. The predicted molar refractivity (Wildman–Crippen MR) is 81.1 cm³/mol. The molecule has 0 aliphatic heterocycles. The second-order valence-electron chi connectivity index (χ2n) is 6.76. The molecule has 1 heterocycles. The van der Waals surface area contributed by atoms with E-state index < -0.39 is 0 Å². The summed E-state index contributed by atoms with van der Waals surface area (Å²) in [4.78, 5) is 4.51. The molecule has 1 aliphatic carbocycles. The van der Waals surface area contributed by atoms with Crippen LogP contribution in [0.3, 0.4) is 0 Å². The average Bonchev–Trinajstić information content (AvgIpc) is 2.38. The Balaban J connectivity index is 2.02. The van der Waals surface area contributed by atoms with Crippen LogP contribution in [0.1, 0.15) is 45.7 Å². The first kappa shape index (κ1) is 14.5. The average molecular weight is 260 g/mol. The number of aromatic nitrogens is 1. The Labute approximate surface area is 118 Å². The second kappa shape index (κ2) is 6.51. The highest BCUT2D eigenvalue weighted by Gasteiger charge is 2.34. The molecule has 2 nitrogen and oxygen atoms in total. The Bertz CT molecular complexity index is 372. The van der Waals surface area contributed by atoms with Gasteiger partial charge in [0.2, 0.25) is 0 Å². The van der Waals surface area contributed by atoms with Gasteiger partial charge in [0, 0.05) is 11.9 Å². The fourth-order valence-electron chi connectivity index (χ4n) is 3.42. The lowest BCUT2D eigenvalue weighted by molar-refractivity contribution is 0.115. The fourth-order valence-corrected chi connectivity index (χ4v) is 3.42. The molecule has 0 radical (unpaired) electrons. The lowest BCUT2D eigenvalue weighted by atomic mass is 9.66. The molecule has 0 spiro atoms. The Kier molecular flexibility index (Phi) is 4.98. The minimum absolute atomic E-state index is 0.502. The molecule has 0 saturated heterocycles. The van der Waals surface area contributed by atoms with Crippen LogP contribution >= 0.6 is 0 Å². The second-order valence-corrected chi connectivity index (χ2v) is 6.76. The molecule has 0 aromatic carbocycles. The van der Waals surface area contributed by atoms with Crippen molar-refractivity contribution in [2.75, 3.05) is 13.1 Å². The monoisotopic (exact) mass is 260 g/mol. The van der Waals surface area contributed by atoms with Crippen molar-refractivity contribution in [2.24, 2.45) is 17.3 Å². The van der Waals surface area contributed by atoms with Gasteiger partial charge >= 0.3 is 0 Å². The van der Waals surface area contributed by atoms with Crippen molar-refractivity contribution in [1.82, 2.24) is 10.3 Å². The quantitative estimate of drug-likeness (QED) is 0.873. The maximum atomic E-state index is 4.51. The predicted octanol–water partition coefficient (Wildman–Crippen LogP) is 3.68. The first-order chi connectivity index (χ1) is 9.11. The van der Waals surface area contributed by atoms with Crippen LogP contribution in [0.15, 0.2) is 24.4 Å². The van der Waals surface area contributed by atoms with E-state index in [1.165, 1.54) is 31.5 Å². The zero-order valence-electron chi connectivity index (χ0n) is 12.7. The topological polar surface area (TPSA) is 24.9 Å². The summed E-state index contributed by atoms with van der Waals surface area (Å²) in [5.41, 5.74) is 1.76. The lowest BCUT2D eigenvalue weighted by Crippen LogP contribution is -2.37. The van der Waals surface area contributed by atoms with E-state index in [9.17, 15) is 0 Å². The number of hydrogen-bond acceptors (Lipinski definition) is 2. The minimum atomic E-state index is 0.502. The molecule has 2 atom stereocenters. The highest BCUT2D eigenvalue weighted by Crippen LogP contribution is 2.42. The van der Waals surface area contributed by atoms with Gasteiger partial charge in [-0.3, -0.25) is 4.98 Å². The van der Waals surface area contributed by atoms with Gasteiger partial charge in [-0.15, -0.1) is 0 Å². The van der Waals surface area contributed by atoms with E-state index >= 15 is 0 Å². The number of pyridine rings is 1. The van der Waals surface area contributed by atoms with Gasteiger partial charge in [0.15, 0.2) is 0 Å². The summed E-state index contributed by atoms with van der Waals surface area (Å²) in [7, 11) is 0. The molecule has 1 aromatic rings. The molecule has 1 aromatic heterocycles. The maximum Gasteiger partial charge on any atom is 0.0406 e. The van der Waals surface area contributed by atoms with Crippen molar-refractivity contribution in [1.29, 1.82) is 0 Å². The van der Waals surface area contributed by atoms with Gasteiger partial charge in [-0.25, -0.2) is 0 Å². The molecule has 1 aliphatic rings. The molecule has 2 heteroatoms. The number of rotatable bonds is 5. The van der Waals surface area contributed by atoms with E-state index in [-0.39, 0.29) is 0 Å². The van der Waals surface area contributed by atoms with Crippen LogP contribution in [-0.4, -0.2) is 18.1 Å². The van der Waals surface area contributed by atoms with E-state index in [1.54, 1.807) is 0 Å². The summed E-state index contributed by atoms with van der Waals surface area (Å²) >= 11 is 0. The third-order valence-electron chi connectivity index (χ3n) is 4.53. The summed E-state index contributed by atoms with van der Waals surface area (Å²) in [6, 6.07) is 6.28. The minimum Gasteiger partial charge on any atom is -0.317 e. The smallest absolute Gasteiger partial charge is 0.0406 e. The molecule has 19 heavy (non-hydrogen) atoms. The van der Waals surface area contributed by atoms with Crippen molar-refractivity contribution in [3.8, 4) is 0 Å². The summed E-state index contributed by atoms with van der Waals surface area (Å²) in [5, 5.41) is 3.54. The number of nitrogens with zero attached hydrogens (tertiary/aromatic N) is 1. The van der Waals surface area contributed by atoms with Crippen LogP contribution < -0.4 is 5.32 Å². The van der Waals surface area contributed by atoms with Gasteiger partial charge < -0.3 is 5.32 Å². The molecule has 2 rings (SSSR count). The Hall–Kier alpha value is -0.890. The number of nitrogens with one attached hydrogen (secondary N) is 1. The standard InChI is InChI=1S/C17H28N2/c1-4-18-13-14-8-9-17(2,3)12-15(14)11-16-7-5-6-10-19-16/h5-7,10,14-15,18H,4,8-9,11-13H2,1-3H3. The molecular weight excluding hydrogens is 232 g/mol. The van der Waals surface area contributed by atoms with Crippen LogP contribution in [0.25, 0.3) is 0 Å². The van der Waals surface area contributed by atoms with Crippen LogP contribution in [0.5, 0.6) is 0 Å². The van der Waals surface area contributed by atoms with Crippen molar-refractivity contribution in [3.63, 3.8) is 0 Å². The molecule has 0 amide bonds. The normalized spacial score (nSPS) is 26.3. The van der Waals surface area contributed by atoms with Gasteiger partial charge in [0.05, 0.1) is 0 Å². The van der Waals surface area contributed by atoms with Gasteiger partial charge in [-0.2, -0.15) is 0 Å². The van der Waals surface area contributed by atoms with Crippen LogP contribution in [0.4, 0.5) is 0 Å². The third-order valence-corrected chi connectivity index (χ3v) is 4.53. The number of hydrogen-bond donors (Lipinski definition) is 1. The van der Waals surface area contributed by atoms with E-state index in [0.717, 1.165) is 24.8 Å². The van der Waals surface area contributed by atoms with Crippen LogP contribution in [0, 0.1) is 17.3 Å². The molecule has 1 N–H and O–H groups in total. The van der Waals surface area contributed by atoms with Crippen molar-refractivity contribution < 1.29 is 0 Å². The molecular formula is C17H28N2. The van der Waals surface area contributed by atoms with Gasteiger partial charge in [0.1, 0.15) is 0 Å². The maximum absolute atomic E-state index is 4.51. The van der Waals surface area contributed by atoms with Gasteiger partial charge in [0.25, 0.3) is 0 Å². The van der Waals surface area contributed by atoms with Gasteiger partial charge in [-0.05, 0) is 68.2 Å². The summed E-state index contributed by atoms with van der Waals surface area (Å²) < 4.78 is 0. The van der Waals surface area contributed by atoms with Gasteiger partial charge in [-0.1, -0.05) is 26.8 Å². The van der Waals surface area contributed by atoms with E-state index in [0.29, 0.717) is 5.41 Å². The molecule has 2 unspecified atom stereocenters. The molecule has 1 saturated carbocycles. The first-order valence-corrected chi connectivity index (χ1v) is 7.71. The van der Waals surface area contributed by atoms with Crippen molar-refractivity contribution >= 4 is 0 Å². The molecule has 0 bridgehead atoms. The zero-order chi connectivity index (χ0) is 13.7. The van der Waals surface area contributed by atoms with Crippen molar-refractivity contribution in [3.05, 3.63) is 30.1 Å². The SMILES string of the molecule is CCNCC1CCC(C)(C)CC1Cc1ccccn1. The third kappa shape index (κ3) is 4.31. The largest absolute Gasteiger partial charge is 0.317 e. The Morgan fingerprint density at radius 2 is 2.16 bits per heavy atom. The summed E-state index contributed by atoms with van der Waals surface area (Å²) in [6.07, 6.45) is 7.11.